The summed E-state index contributed by atoms with van der Waals surface area (Å²) in [6.07, 6.45) is 2.32. The number of nitrogens with zero attached hydrogens (tertiary/aromatic N) is 1. The van der Waals surface area contributed by atoms with Gasteiger partial charge in [-0.3, -0.25) is 9.69 Å². The number of carbonyl (C=O) groups excluding carboxylic acids is 1. The van der Waals surface area contributed by atoms with Crippen molar-refractivity contribution in [1.82, 2.24) is 10.2 Å². The van der Waals surface area contributed by atoms with Crippen LogP contribution in [0.1, 0.15) is 40.5 Å². The first kappa shape index (κ1) is 12.5. The number of piperidine rings is 1. The molecule has 1 amide bonds. The topological polar surface area (TPSA) is 32.3 Å². The van der Waals surface area contributed by atoms with Gasteiger partial charge in [-0.1, -0.05) is 13.8 Å². The molecular weight excluding hydrogens is 188 g/mol. The Morgan fingerprint density at radius 3 is 2.53 bits per heavy atom. The Bertz CT molecular complexity index is 214. The number of carbonyl (C=O) groups is 1. The van der Waals surface area contributed by atoms with Crippen LogP contribution in [0.4, 0.5) is 0 Å². The molecule has 0 radical (unpaired) electrons. The monoisotopic (exact) mass is 212 g/mol. The van der Waals surface area contributed by atoms with Gasteiger partial charge in [-0.2, -0.15) is 0 Å². The van der Waals surface area contributed by atoms with Crippen LogP contribution < -0.4 is 5.32 Å². The molecule has 88 valence electrons. The van der Waals surface area contributed by atoms with Crippen LogP contribution in [0.5, 0.6) is 0 Å². The highest BCUT2D eigenvalue weighted by molar-refractivity contribution is 5.78. The maximum Gasteiger partial charge on any atom is 0.222 e. The van der Waals surface area contributed by atoms with E-state index in [0.29, 0.717) is 12.1 Å². The molecule has 1 aliphatic heterocycles. The Hall–Kier alpha value is -0.570. The Balaban J connectivity index is 2.39. The minimum Gasteiger partial charge on any atom is -0.352 e. The van der Waals surface area contributed by atoms with Gasteiger partial charge >= 0.3 is 0 Å². The number of likely N-dealkylation sites (tertiary alicyclic amines) is 1. The number of nitrogens with one attached hydrogen (secondary N) is 1. The molecule has 0 aromatic heterocycles. The highest BCUT2D eigenvalue weighted by Crippen LogP contribution is 2.13. The largest absolute Gasteiger partial charge is 0.352 e. The third-order valence-corrected chi connectivity index (χ3v) is 3.05. The molecule has 0 unspecified atom stereocenters. The molecule has 1 fully saturated rings. The predicted molar refractivity (Wildman–Crippen MR) is 62.7 cm³/mol. The van der Waals surface area contributed by atoms with Crippen LogP contribution in [0.3, 0.4) is 0 Å². The first-order chi connectivity index (χ1) is 7.00. The van der Waals surface area contributed by atoms with Crippen molar-refractivity contribution in [1.29, 1.82) is 0 Å². The maximum absolute atomic E-state index is 11.6. The fraction of sp³-hybridized carbons (Fsp3) is 0.917. The summed E-state index contributed by atoms with van der Waals surface area (Å²) in [7, 11) is 0. The average molecular weight is 212 g/mol. The molecule has 0 aromatic rings. The fourth-order valence-electron chi connectivity index (χ4n) is 1.96. The summed E-state index contributed by atoms with van der Waals surface area (Å²) in [6.45, 7) is 10.5. The Labute approximate surface area is 93.2 Å². The highest BCUT2D eigenvalue weighted by atomic mass is 16.1. The second-order valence-electron chi connectivity index (χ2n) is 5.09. The summed E-state index contributed by atoms with van der Waals surface area (Å²) in [5, 5.41) is 3.12. The summed E-state index contributed by atoms with van der Waals surface area (Å²) in [4.78, 5) is 14.0. The minimum atomic E-state index is 0.0967. The molecule has 15 heavy (non-hydrogen) atoms. The first-order valence-corrected chi connectivity index (χ1v) is 6.05. The molecule has 1 rings (SSSR count). The van der Waals surface area contributed by atoms with E-state index in [1.165, 1.54) is 13.0 Å². The summed E-state index contributed by atoms with van der Waals surface area (Å²) >= 11 is 0. The molecular formula is C12H24N2O. The number of hydrogen-bond donors (Lipinski definition) is 1. The van der Waals surface area contributed by atoms with Gasteiger partial charge in [-0.15, -0.1) is 0 Å². The number of amides is 1. The molecule has 1 atom stereocenters. The van der Waals surface area contributed by atoms with E-state index in [1.807, 2.05) is 13.8 Å². The van der Waals surface area contributed by atoms with Gasteiger partial charge in [0.05, 0.1) is 0 Å². The van der Waals surface area contributed by atoms with Gasteiger partial charge in [-0.25, -0.2) is 0 Å². The van der Waals surface area contributed by atoms with E-state index in [1.54, 1.807) is 0 Å². The average Bonchev–Trinajstić information content (AvgIpc) is 2.18. The summed E-state index contributed by atoms with van der Waals surface area (Å²) in [5.74, 6) is 0.282. The molecule has 0 bridgehead atoms. The Morgan fingerprint density at radius 1 is 1.33 bits per heavy atom. The molecule has 0 aromatic carbocycles. The van der Waals surface area contributed by atoms with Gasteiger partial charge in [0.15, 0.2) is 0 Å². The van der Waals surface area contributed by atoms with Crippen molar-refractivity contribution in [3.63, 3.8) is 0 Å². The lowest BCUT2D eigenvalue weighted by Crippen LogP contribution is -2.50. The molecule has 1 N–H and O–H groups in total. The van der Waals surface area contributed by atoms with Gasteiger partial charge < -0.3 is 5.32 Å². The van der Waals surface area contributed by atoms with Crippen LogP contribution in [0.2, 0.25) is 0 Å². The molecule has 1 aliphatic rings. The SMILES string of the molecule is CC(C)C(=O)N[C@@H]1CCCN(C(C)C)C1. The van der Waals surface area contributed by atoms with Gasteiger partial charge in [0, 0.05) is 24.5 Å². The van der Waals surface area contributed by atoms with Crippen molar-refractivity contribution < 1.29 is 4.79 Å². The van der Waals surface area contributed by atoms with Crippen molar-refractivity contribution >= 4 is 5.91 Å². The first-order valence-electron chi connectivity index (χ1n) is 6.05. The van der Waals surface area contributed by atoms with E-state index in [-0.39, 0.29) is 11.8 Å². The third kappa shape index (κ3) is 3.82. The molecule has 1 heterocycles. The number of rotatable bonds is 3. The van der Waals surface area contributed by atoms with Crippen LogP contribution in [-0.2, 0) is 4.79 Å². The highest BCUT2D eigenvalue weighted by Gasteiger charge is 2.23. The van der Waals surface area contributed by atoms with Crippen molar-refractivity contribution in [2.75, 3.05) is 13.1 Å². The quantitative estimate of drug-likeness (QED) is 0.771. The van der Waals surface area contributed by atoms with Crippen molar-refractivity contribution in [2.24, 2.45) is 5.92 Å². The second kappa shape index (κ2) is 5.50. The summed E-state index contributed by atoms with van der Waals surface area (Å²) < 4.78 is 0. The molecule has 0 saturated carbocycles. The molecule has 3 heteroatoms. The fourth-order valence-corrected chi connectivity index (χ4v) is 1.96. The van der Waals surface area contributed by atoms with E-state index in [2.05, 4.69) is 24.1 Å². The molecule has 0 aliphatic carbocycles. The van der Waals surface area contributed by atoms with Crippen molar-refractivity contribution in [2.45, 2.75) is 52.6 Å². The van der Waals surface area contributed by atoms with Gasteiger partial charge in [0.2, 0.25) is 5.91 Å². The van der Waals surface area contributed by atoms with E-state index < -0.39 is 0 Å². The van der Waals surface area contributed by atoms with E-state index in [0.717, 1.165) is 13.0 Å². The normalized spacial score (nSPS) is 23.5. The minimum absolute atomic E-state index is 0.0967. The summed E-state index contributed by atoms with van der Waals surface area (Å²) in [6, 6.07) is 0.944. The standard InChI is InChI=1S/C12H24N2O/c1-9(2)12(15)13-11-6-5-7-14(8-11)10(3)4/h9-11H,5-8H2,1-4H3,(H,13,15)/t11-/m1/s1. The zero-order valence-electron chi connectivity index (χ0n) is 10.4. The smallest absolute Gasteiger partial charge is 0.222 e. The van der Waals surface area contributed by atoms with Crippen molar-refractivity contribution in [3.05, 3.63) is 0 Å². The van der Waals surface area contributed by atoms with Gasteiger partial charge in [0.1, 0.15) is 0 Å². The zero-order valence-corrected chi connectivity index (χ0v) is 10.4. The van der Waals surface area contributed by atoms with E-state index >= 15 is 0 Å². The van der Waals surface area contributed by atoms with Crippen LogP contribution in [0, 0.1) is 5.92 Å². The van der Waals surface area contributed by atoms with Crippen LogP contribution in [-0.4, -0.2) is 36.0 Å². The van der Waals surface area contributed by atoms with Crippen LogP contribution >= 0.6 is 0 Å². The lowest BCUT2D eigenvalue weighted by Gasteiger charge is -2.36. The Kier molecular flexibility index (Phi) is 4.58. The second-order valence-corrected chi connectivity index (χ2v) is 5.09. The van der Waals surface area contributed by atoms with Crippen LogP contribution in [0.25, 0.3) is 0 Å². The summed E-state index contributed by atoms with van der Waals surface area (Å²) in [5.41, 5.74) is 0. The molecule has 3 nitrogen and oxygen atoms in total. The van der Waals surface area contributed by atoms with Gasteiger partial charge in [0.25, 0.3) is 0 Å². The van der Waals surface area contributed by atoms with Crippen LogP contribution in [0.15, 0.2) is 0 Å². The number of hydrogen-bond acceptors (Lipinski definition) is 2. The van der Waals surface area contributed by atoms with Gasteiger partial charge in [-0.05, 0) is 33.2 Å². The third-order valence-electron chi connectivity index (χ3n) is 3.05. The molecule has 1 saturated heterocycles. The lowest BCUT2D eigenvalue weighted by atomic mass is 10.0. The Morgan fingerprint density at radius 2 is 2.00 bits per heavy atom. The van der Waals surface area contributed by atoms with E-state index in [4.69, 9.17) is 0 Å². The zero-order chi connectivity index (χ0) is 11.4. The van der Waals surface area contributed by atoms with Crippen molar-refractivity contribution in [3.8, 4) is 0 Å². The van der Waals surface area contributed by atoms with E-state index in [9.17, 15) is 4.79 Å². The predicted octanol–water partition coefficient (Wildman–Crippen LogP) is 1.63. The maximum atomic E-state index is 11.6. The molecule has 0 spiro atoms. The lowest BCUT2D eigenvalue weighted by molar-refractivity contribution is -0.125.